The van der Waals surface area contributed by atoms with Gasteiger partial charge in [-0.1, -0.05) is 52.0 Å². The Hall–Kier alpha value is -0.820. The molecular weight excluding hydrogens is 230 g/mol. The normalized spacial score (nSPS) is 18.7. The fourth-order valence-corrected chi connectivity index (χ4v) is 2.85. The minimum Gasteiger partial charge on any atom is -0.299 e. The van der Waals surface area contributed by atoms with E-state index in [1.54, 1.807) is 0 Å². The van der Waals surface area contributed by atoms with Crippen LogP contribution >= 0.6 is 0 Å². The Kier molecular flexibility index (Phi) is 4.67. The van der Waals surface area contributed by atoms with Crippen LogP contribution in [0.1, 0.15) is 51.7 Å². The standard InChI is InChI=1S/C18H29N/c1-15-9-11-19(12-10-15)14-17-7-5-16(6-8-17)13-18(2,3)4/h5-8,15H,9-14H2,1-4H3. The zero-order chi connectivity index (χ0) is 13.9. The lowest BCUT2D eigenvalue weighted by atomic mass is 9.88. The van der Waals surface area contributed by atoms with Crippen LogP contribution in [0.15, 0.2) is 24.3 Å². The van der Waals surface area contributed by atoms with Gasteiger partial charge in [-0.15, -0.1) is 0 Å². The van der Waals surface area contributed by atoms with Crippen LogP contribution in [-0.4, -0.2) is 18.0 Å². The van der Waals surface area contributed by atoms with Gasteiger partial charge < -0.3 is 0 Å². The van der Waals surface area contributed by atoms with Crippen molar-refractivity contribution >= 4 is 0 Å². The quantitative estimate of drug-likeness (QED) is 0.772. The Morgan fingerprint density at radius 3 is 2.05 bits per heavy atom. The number of likely N-dealkylation sites (tertiary alicyclic amines) is 1. The van der Waals surface area contributed by atoms with Gasteiger partial charge in [-0.25, -0.2) is 0 Å². The van der Waals surface area contributed by atoms with Gasteiger partial charge in [0.25, 0.3) is 0 Å². The van der Waals surface area contributed by atoms with E-state index in [9.17, 15) is 0 Å². The zero-order valence-corrected chi connectivity index (χ0v) is 13.1. The molecule has 0 bridgehead atoms. The van der Waals surface area contributed by atoms with E-state index in [0.29, 0.717) is 5.41 Å². The minimum absolute atomic E-state index is 0.379. The van der Waals surface area contributed by atoms with Gasteiger partial charge in [-0.05, 0) is 54.8 Å². The summed E-state index contributed by atoms with van der Waals surface area (Å²) in [7, 11) is 0. The first-order valence-corrected chi connectivity index (χ1v) is 7.72. The van der Waals surface area contributed by atoms with Crippen molar-refractivity contribution in [2.24, 2.45) is 11.3 Å². The predicted octanol–water partition coefficient (Wildman–Crippen LogP) is 4.51. The summed E-state index contributed by atoms with van der Waals surface area (Å²) in [4.78, 5) is 2.60. The maximum Gasteiger partial charge on any atom is 0.0233 e. The van der Waals surface area contributed by atoms with Gasteiger partial charge in [-0.2, -0.15) is 0 Å². The summed E-state index contributed by atoms with van der Waals surface area (Å²) in [5, 5.41) is 0. The molecule has 1 nitrogen and oxygen atoms in total. The summed E-state index contributed by atoms with van der Waals surface area (Å²) in [5.74, 6) is 0.922. The van der Waals surface area contributed by atoms with Crippen LogP contribution in [0.25, 0.3) is 0 Å². The van der Waals surface area contributed by atoms with Crippen molar-refractivity contribution in [3.8, 4) is 0 Å². The van der Waals surface area contributed by atoms with E-state index >= 15 is 0 Å². The van der Waals surface area contributed by atoms with Crippen LogP contribution in [0.4, 0.5) is 0 Å². The maximum absolute atomic E-state index is 2.60. The molecular formula is C18H29N. The average molecular weight is 259 g/mol. The van der Waals surface area contributed by atoms with Crippen LogP contribution in [0, 0.1) is 11.3 Å². The summed E-state index contributed by atoms with van der Waals surface area (Å²) in [6.07, 6.45) is 3.89. The van der Waals surface area contributed by atoms with Crippen molar-refractivity contribution in [3.63, 3.8) is 0 Å². The first-order valence-electron chi connectivity index (χ1n) is 7.72. The SMILES string of the molecule is CC1CCN(Cc2ccc(CC(C)(C)C)cc2)CC1. The molecule has 0 aliphatic carbocycles. The van der Waals surface area contributed by atoms with E-state index in [2.05, 4.69) is 56.9 Å². The molecule has 1 aliphatic heterocycles. The molecule has 19 heavy (non-hydrogen) atoms. The summed E-state index contributed by atoms with van der Waals surface area (Å²) >= 11 is 0. The Balaban J connectivity index is 1.88. The molecule has 106 valence electrons. The lowest BCUT2D eigenvalue weighted by Gasteiger charge is -2.30. The van der Waals surface area contributed by atoms with E-state index in [1.165, 1.54) is 37.1 Å². The van der Waals surface area contributed by atoms with E-state index in [0.717, 1.165) is 18.9 Å². The second kappa shape index (κ2) is 6.09. The summed E-state index contributed by atoms with van der Waals surface area (Å²) in [6.45, 7) is 12.9. The molecule has 0 unspecified atom stereocenters. The number of hydrogen-bond acceptors (Lipinski definition) is 1. The van der Waals surface area contributed by atoms with Crippen molar-refractivity contribution in [2.75, 3.05) is 13.1 Å². The molecule has 1 aliphatic rings. The third-order valence-electron chi connectivity index (χ3n) is 4.04. The molecule has 0 radical (unpaired) electrons. The van der Waals surface area contributed by atoms with Gasteiger partial charge in [0, 0.05) is 6.54 Å². The largest absolute Gasteiger partial charge is 0.299 e. The minimum atomic E-state index is 0.379. The highest BCUT2D eigenvalue weighted by molar-refractivity contribution is 5.23. The second-order valence-corrected chi connectivity index (χ2v) is 7.51. The van der Waals surface area contributed by atoms with Crippen LogP contribution < -0.4 is 0 Å². The third-order valence-corrected chi connectivity index (χ3v) is 4.04. The topological polar surface area (TPSA) is 3.24 Å². The Morgan fingerprint density at radius 2 is 1.53 bits per heavy atom. The fraction of sp³-hybridized carbons (Fsp3) is 0.667. The van der Waals surface area contributed by atoms with Crippen molar-refractivity contribution in [1.82, 2.24) is 4.90 Å². The molecule has 1 aromatic carbocycles. The molecule has 2 rings (SSSR count). The van der Waals surface area contributed by atoms with E-state index < -0.39 is 0 Å². The van der Waals surface area contributed by atoms with E-state index in [4.69, 9.17) is 0 Å². The summed E-state index contributed by atoms with van der Waals surface area (Å²) in [5.41, 5.74) is 3.31. The van der Waals surface area contributed by atoms with Crippen LogP contribution in [0.5, 0.6) is 0 Å². The summed E-state index contributed by atoms with van der Waals surface area (Å²) < 4.78 is 0. The van der Waals surface area contributed by atoms with E-state index in [-0.39, 0.29) is 0 Å². The number of nitrogens with zero attached hydrogens (tertiary/aromatic N) is 1. The molecule has 1 heteroatoms. The lowest BCUT2D eigenvalue weighted by Crippen LogP contribution is -2.32. The van der Waals surface area contributed by atoms with Crippen LogP contribution in [0.3, 0.4) is 0 Å². The monoisotopic (exact) mass is 259 g/mol. The highest BCUT2D eigenvalue weighted by Gasteiger charge is 2.16. The fourth-order valence-electron chi connectivity index (χ4n) is 2.85. The van der Waals surface area contributed by atoms with Crippen molar-refractivity contribution < 1.29 is 0 Å². The molecule has 1 saturated heterocycles. The zero-order valence-electron chi connectivity index (χ0n) is 13.1. The molecule has 0 amide bonds. The van der Waals surface area contributed by atoms with Gasteiger partial charge in [0.2, 0.25) is 0 Å². The molecule has 0 spiro atoms. The molecule has 0 aromatic heterocycles. The van der Waals surface area contributed by atoms with Gasteiger partial charge in [-0.3, -0.25) is 4.90 Å². The lowest BCUT2D eigenvalue weighted by molar-refractivity contribution is 0.185. The maximum atomic E-state index is 2.60. The van der Waals surface area contributed by atoms with Gasteiger partial charge in [0.1, 0.15) is 0 Å². The Bertz CT molecular complexity index is 377. The van der Waals surface area contributed by atoms with Crippen molar-refractivity contribution in [3.05, 3.63) is 35.4 Å². The molecule has 1 aromatic rings. The molecule has 0 atom stereocenters. The second-order valence-electron chi connectivity index (χ2n) is 7.51. The molecule has 0 N–H and O–H groups in total. The van der Waals surface area contributed by atoms with Crippen molar-refractivity contribution in [2.45, 2.75) is 53.5 Å². The smallest absolute Gasteiger partial charge is 0.0233 e. The van der Waals surface area contributed by atoms with E-state index in [1.807, 2.05) is 0 Å². The predicted molar refractivity (Wildman–Crippen MR) is 83.3 cm³/mol. The highest BCUT2D eigenvalue weighted by Crippen LogP contribution is 2.22. The molecule has 1 heterocycles. The number of rotatable bonds is 3. The third kappa shape index (κ3) is 4.99. The first-order chi connectivity index (χ1) is 8.92. The molecule has 0 saturated carbocycles. The van der Waals surface area contributed by atoms with Gasteiger partial charge in [0.05, 0.1) is 0 Å². The molecule has 1 fully saturated rings. The van der Waals surface area contributed by atoms with Crippen molar-refractivity contribution in [1.29, 1.82) is 0 Å². The van der Waals surface area contributed by atoms with Crippen LogP contribution in [0.2, 0.25) is 0 Å². The van der Waals surface area contributed by atoms with Gasteiger partial charge >= 0.3 is 0 Å². The average Bonchev–Trinajstić information content (AvgIpc) is 2.33. The summed E-state index contributed by atoms with van der Waals surface area (Å²) in [6, 6.07) is 9.26. The van der Waals surface area contributed by atoms with Gasteiger partial charge in [0.15, 0.2) is 0 Å². The Labute approximate surface area is 119 Å². The Morgan fingerprint density at radius 1 is 1.00 bits per heavy atom. The van der Waals surface area contributed by atoms with Crippen LogP contribution in [-0.2, 0) is 13.0 Å². The first kappa shape index (κ1) is 14.6. The number of hydrogen-bond donors (Lipinski definition) is 0. The number of benzene rings is 1. The number of piperidine rings is 1. The highest BCUT2D eigenvalue weighted by atomic mass is 15.1.